The minimum atomic E-state index is -0.156. The first-order valence-corrected chi connectivity index (χ1v) is 3.44. The topological polar surface area (TPSA) is 47.7 Å². The van der Waals surface area contributed by atoms with Gasteiger partial charge < -0.3 is 10.8 Å². The average molecular weight is 146 g/mol. The van der Waals surface area contributed by atoms with Crippen LogP contribution in [0.2, 0.25) is 0 Å². The van der Waals surface area contributed by atoms with Crippen LogP contribution in [-0.2, 0) is 0 Å². The summed E-state index contributed by atoms with van der Waals surface area (Å²) in [6.07, 6.45) is 2.53. The Kier molecular flexibility index (Phi) is 2.55. The lowest BCUT2D eigenvalue weighted by Gasteiger charge is -2.03. The largest absolute Gasteiger partial charge is 0.312 e. The van der Waals surface area contributed by atoms with Crippen molar-refractivity contribution in [3.05, 3.63) is 35.9 Å². The van der Waals surface area contributed by atoms with E-state index in [-0.39, 0.29) is 5.92 Å². The van der Waals surface area contributed by atoms with Crippen LogP contribution >= 0.6 is 0 Å². The highest BCUT2D eigenvalue weighted by Gasteiger charge is 2.01. The van der Waals surface area contributed by atoms with Gasteiger partial charge >= 0.3 is 0 Å². The minimum Gasteiger partial charge on any atom is -0.312 e. The monoisotopic (exact) mass is 146 g/mol. The molecule has 1 rings (SSSR count). The van der Waals surface area contributed by atoms with Gasteiger partial charge in [0.2, 0.25) is 0 Å². The molecule has 0 spiro atoms. The Hall–Kier alpha value is -1.44. The van der Waals surface area contributed by atoms with Crippen LogP contribution in [-0.4, -0.2) is 12.4 Å². The summed E-state index contributed by atoms with van der Waals surface area (Å²) >= 11 is 0. The van der Waals surface area contributed by atoms with E-state index in [0.29, 0.717) is 0 Å². The molecule has 0 aromatic heterocycles. The molecule has 56 valence electrons. The molecule has 0 fully saturated rings. The average Bonchev–Trinajstić information content (AvgIpc) is 2.09. The van der Waals surface area contributed by atoms with Crippen LogP contribution in [0.3, 0.4) is 0 Å². The second-order valence-corrected chi connectivity index (χ2v) is 2.27. The molecule has 0 saturated carbocycles. The Labute approximate surface area is 65.9 Å². The van der Waals surface area contributed by atoms with Crippen molar-refractivity contribution in [2.24, 2.45) is 0 Å². The first-order valence-electron chi connectivity index (χ1n) is 3.44. The molecular weight excluding hydrogens is 136 g/mol. The van der Waals surface area contributed by atoms with E-state index in [2.05, 4.69) is 0 Å². The van der Waals surface area contributed by atoms with Crippen molar-refractivity contribution < 1.29 is 0 Å². The maximum atomic E-state index is 7.02. The maximum absolute atomic E-state index is 7.02. The Bertz CT molecular complexity index is 233. The van der Waals surface area contributed by atoms with Gasteiger partial charge in [-0.1, -0.05) is 30.3 Å². The van der Waals surface area contributed by atoms with Crippen molar-refractivity contribution >= 4 is 12.4 Å². The van der Waals surface area contributed by atoms with Gasteiger partial charge in [-0.05, 0) is 5.56 Å². The highest BCUT2D eigenvalue weighted by molar-refractivity contribution is 5.87. The van der Waals surface area contributed by atoms with E-state index < -0.39 is 0 Å². The minimum absolute atomic E-state index is 0.156. The molecule has 0 atom stereocenters. The molecule has 0 unspecified atom stereocenters. The zero-order chi connectivity index (χ0) is 8.10. The van der Waals surface area contributed by atoms with Crippen molar-refractivity contribution in [2.45, 2.75) is 5.92 Å². The molecule has 0 bridgehead atoms. The fourth-order valence-electron chi connectivity index (χ4n) is 0.916. The van der Waals surface area contributed by atoms with Gasteiger partial charge in [0.05, 0.1) is 5.92 Å². The molecule has 2 heteroatoms. The normalized spacial score (nSPS) is 12.0. The fraction of sp³-hybridized carbons (Fsp3) is 0.111. The molecule has 0 aliphatic heterocycles. The van der Waals surface area contributed by atoms with Crippen LogP contribution < -0.4 is 0 Å². The number of hydrogen-bond donors (Lipinski definition) is 2. The summed E-state index contributed by atoms with van der Waals surface area (Å²) in [6, 6.07) is 9.58. The molecule has 2 N–H and O–H groups in total. The van der Waals surface area contributed by atoms with Gasteiger partial charge in [0.25, 0.3) is 0 Å². The standard InChI is InChI=1S/C9H10N2/c10-6-9(7-11)8-4-2-1-3-5-8/h1-7,9-11H. The SMILES string of the molecule is N=CC(C=N)c1ccccc1. The summed E-state index contributed by atoms with van der Waals surface area (Å²) in [6.45, 7) is 0. The van der Waals surface area contributed by atoms with Crippen LogP contribution in [0.15, 0.2) is 30.3 Å². The van der Waals surface area contributed by atoms with E-state index in [1.54, 1.807) is 0 Å². The van der Waals surface area contributed by atoms with Crippen LogP contribution in [0.5, 0.6) is 0 Å². The number of rotatable bonds is 3. The fourth-order valence-corrected chi connectivity index (χ4v) is 0.916. The molecule has 0 aliphatic rings. The summed E-state index contributed by atoms with van der Waals surface area (Å²) in [5.74, 6) is -0.156. The molecule has 1 aromatic rings. The van der Waals surface area contributed by atoms with Crippen molar-refractivity contribution in [1.82, 2.24) is 0 Å². The van der Waals surface area contributed by atoms with Crippen molar-refractivity contribution in [3.63, 3.8) is 0 Å². The molecule has 0 aliphatic carbocycles. The Morgan fingerprint density at radius 2 is 1.55 bits per heavy atom. The van der Waals surface area contributed by atoms with Crippen LogP contribution in [0, 0.1) is 10.8 Å². The Balaban J connectivity index is 2.90. The summed E-state index contributed by atoms with van der Waals surface area (Å²) in [5, 5.41) is 14.0. The first-order chi connectivity index (χ1) is 5.38. The van der Waals surface area contributed by atoms with E-state index in [4.69, 9.17) is 10.8 Å². The van der Waals surface area contributed by atoms with Gasteiger partial charge in [-0.2, -0.15) is 0 Å². The molecule has 1 aromatic carbocycles. The lowest BCUT2D eigenvalue weighted by molar-refractivity contribution is 1.22. The van der Waals surface area contributed by atoms with E-state index in [9.17, 15) is 0 Å². The molecule has 0 amide bonds. The predicted molar refractivity (Wildman–Crippen MR) is 46.8 cm³/mol. The summed E-state index contributed by atoms with van der Waals surface area (Å²) in [4.78, 5) is 0. The van der Waals surface area contributed by atoms with Gasteiger partial charge in [0, 0.05) is 12.4 Å². The molecule has 0 heterocycles. The van der Waals surface area contributed by atoms with Gasteiger partial charge in [-0.15, -0.1) is 0 Å². The smallest absolute Gasteiger partial charge is 0.0532 e. The molecule has 0 saturated heterocycles. The Morgan fingerprint density at radius 1 is 1.00 bits per heavy atom. The summed E-state index contributed by atoms with van der Waals surface area (Å²) in [5.41, 5.74) is 0.998. The first kappa shape index (κ1) is 7.66. The van der Waals surface area contributed by atoms with Gasteiger partial charge in [0.1, 0.15) is 0 Å². The van der Waals surface area contributed by atoms with Crippen LogP contribution in [0.4, 0.5) is 0 Å². The van der Waals surface area contributed by atoms with Crippen molar-refractivity contribution in [1.29, 1.82) is 10.8 Å². The van der Waals surface area contributed by atoms with E-state index in [0.717, 1.165) is 5.56 Å². The van der Waals surface area contributed by atoms with E-state index in [1.165, 1.54) is 12.4 Å². The van der Waals surface area contributed by atoms with Crippen LogP contribution in [0.1, 0.15) is 11.5 Å². The molecular formula is C9H10N2. The van der Waals surface area contributed by atoms with Crippen molar-refractivity contribution in [3.8, 4) is 0 Å². The van der Waals surface area contributed by atoms with Crippen molar-refractivity contribution in [2.75, 3.05) is 0 Å². The number of hydrogen-bond acceptors (Lipinski definition) is 2. The van der Waals surface area contributed by atoms with Gasteiger partial charge in [-0.25, -0.2) is 0 Å². The van der Waals surface area contributed by atoms with Crippen LogP contribution in [0.25, 0.3) is 0 Å². The molecule has 2 nitrogen and oxygen atoms in total. The lowest BCUT2D eigenvalue weighted by atomic mass is 10.0. The third-order valence-electron chi connectivity index (χ3n) is 1.54. The quantitative estimate of drug-likeness (QED) is 0.613. The predicted octanol–water partition coefficient (Wildman–Crippen LogP) is 2.07. The summed E-state index contributed by atoms with van der Waals surface area (Å²) in [7, 11) is 0. The Morgan fingerprint density at radius 3 is 2.00 bits per heavy atom. The second kappa shape index (κ2) is 3.66. The number of nitrogens with one attached hydrogen (secondary N) is 2. The van der Waals surface area contributed by atoms with Gasteiger partial charge in [-0.3, -0.25) is 0 Å². The third kappa shape index (κ3) is 1.74. The zero-order valence-electron chi connectivity index (χ0n) is 6.12. The highest BCUT2D eigenvalue weighted by Crippen LogP contribution is 2.09. The summed E-state index contributed by atoms with van der Waals surface area (Å²) < 4.78 is 0. The molecule has 11 heavy (non-hydrogen) atoms. The lowest BCUT2D eigenvalue weighted by Crippen LogP contribution is -1.99. The maximum Gasteiger partial charge on any atom is 0.0532 e. The third-order valence-corrected chi connectivity index (χ3v) is 1.54. The molecule has 0 radical (unpaired) electrons. The highest BCUT2D eigenvalue weighted by atomic mass is 14.4. The number of benzene rings is 1. The van der Waals surface area contributed by atoms with E-state index >= 15 is 0 Å². The van der Waals surface area contributed by atoms with Gasteiger partial charge in [0.15, 0.2) is 0 Å². The second-order valence-electron chi connectivity index (χ2n) is 2.27. The zero-order valence-corrected chi connectivity index (χ0v) is 6.12. The van der Waals surface area contributed by atoms with E-state index in [1.807, 2.05) is 30.3 Å².